The van der Waals surface area contributed by atoms with Gasteiger partial charge in [-0.15, -0.1) is 11.3 Å². The van der Waals surface area contributed by atoms with Crippen molar-refractivity contribution in [2.75, 3.05) is 5.32 Å². The Morgan fingerprint density at radius 3 is 2.59 bits per heavy atom. The van der Waals surface area contributed by atoms with Gasteiger partial charge in [-0.2, -0.15) is 0 Å². The Morgan fingerprint density at radius 2 is 1.96 bits per heavy atom. The molecule has 1 atom stereocenters. The molecule has 144 valence electrons. The quantitative estimate of drug-likeness (QED) is 0.701. The van der Waals surface area contributed by atoms with Gasteiger partial charge >= 0.3 is 0 Å². The topological polar surface area (TPSA) is 81.4 Å². The maximum Gasteiger partial charge on any atom is 0.268 e. The van der Waals surface area contributed by atoms with E-state index in [0.29, 0.717) is 22.2 Å². The summed E-state index contributed by atoms with van der Waals surface area (Å²) in [7, 11) is 0. The van der Waals surface area contributed by atoms with E-state index >= 15 is 0 Å². The van der Waals surface area contributed by atoms with Crippen molar-refractivity contribution in [2.45, 2.75) is 45.6 Å². The van der Waals surface area contributed by atoms with Crippen LogP contribution in [0.2, 0.25) is 0 Å². The predicted molar refractivity (Wildman–Crippen MR) is 112 cm³/mol. The second kappa shape index (κ2) is 7.64. The van der Waals surface area contributed by atoms with Crippen LogP contribution in [0.1, 0.15) is 48.0 Å². The Hall–Kier alpha value is -1.86. The van der Waals surface area contributed by atoms with E-state index < -0.39 is 11.5 Å². The van der Waals surface area contributed by atoms with Gasteiger partial charge in [-0.05, 0) is 68.9 Å². The van der Waals surface area contributed by atoms with Gasteiger partial charge in [0.25, 0.3) is 11.8 Å². The fraction of sp³-hybridized carbons (Fsp3) is 0.400. The first-order chi connectivity index (χ1) is 12.7. The van der Waals surface area contributed by atoms with Crippen molar-refractivity contribution in [3.63, 3.8) is 0 Å². The summed E-state index contributed by atoms with van der Waals surface area (Å²) in [6.45, 7) is 5.59. The van der Waals surface area contributed by atoms with Crippen molar-refractivity contribution in [3.05, 3.63) is 44.7 Å². The van der Waals surface area contributed by atoms with E-state index in [0.717, 1.165) is 34.2 Å². The second-order valence-corrected chi connectivity index (χ2v) is 9.46. The molecule has 2 amide bonds. The van der Waals surface area contributed by atoms with Crippen LogP contribution in [0.5, 0.6) is 5.75 Å². The smallest absolute Gasteiger partial charge is 0.268 e. The summed E-state index contributed by atoms with van der Waals surface area (Å²) in [4.78, 5) is 26.0. The van der Waals surface area contributed by atoms with Crippen LogP contribution in [-0.4, -0.2) is 17.4 Å². The molecule has 0 aliphatic heterocycles. The molecule has 1 aromatic carbocycles. The number of ether oxygens (including phenoxy) is 1. The van der Waals surface area contributed by atoms with E-state index in [-0.39, 0.29) is 5.91 Å². The first-order valence-corrected chi connectivity index (χ1v) is 10.5. The molecular formula is C20H23BrN2O3S. The van der Waals surface area contributed by atoms with E-state index in [2.05, 4.69) is 28.2 Å². The number of nitrogens with two attached hydrogens (primary N) is 1. The van der Waals surface area contributed by atoms with Crippen LogP contribution in [-0.2, 0) is 17.6 Å². The lowest BCUT2D eigenvalue weighted by Gasteiger charge is -2.25. The summed E-state index contributed by atoms with van der Waals surface area (Å²) in [5.74, 6) is 0.342. The highest BCUT2D eigenvalue weighted by molar-refractivity contribution is 9.10. The molecule has 1 aromatic heterocycles. The lowest BCUT2D eigenvalue weighted by molar-refractivity contribution is -0.128. The number of thiophene rings is 1. The van der Waals surface area contributed by atoms with E-state index in [1.54, 1.807) is 26.0 Å². The number of nitrogens with one attached hydrogen (secondary N) is 1. The molecule has 2 aromatic rings. The average molecular weight is 451 g/mol. The Balaban J connectivity index is 1.82. The van der Waals surface area contributed by atoms with Crippen LogP contribution in [0, 0.1) is 5.92 Å². The van der Waals surface area contributed by atoms with Gasteiger partial charge in [-0.25, -0.2) is 0 Å². The van der Waals surface area contributed by atoms with E-state index in [4.69, 9.17) is 10.5 Å². The molecule has 0 spiro atoms. The first-order valence-electron chi connectivity index (χ1n) is 8.87. The number of carbonyl (C=O) groups excluding carboxylic acids is 2. The number of hydrogen-bond acceptors (Lipinski definition) is 4. The molecule has 0 unspecified atom stereocenters. The molecule has 0 fully saturated rings. The van der Waals surface area contributed by atoms with E-state index in [9.17, 15) is 9.59 Å². The zero-order valence-electron chi connectivity index (χ0n) is 15.6. The maximum atomic E-state index is 12.9. The molecule has 0 bridgehead atoms. The molecule has 1 heterocycles. The molecule has 0 saturated heterocycles. The number of carbonyl (C=O) groups is 2. The number of amides is 2. The zero-order chi connectivity index (χ0) is 19.8. The van der Waals surface area contributed by atoms with Gasteiger partial charge in [0.2, 0.25) is 0 Å². The third-order valence-corrected chi connectivity index (χ3v) is 6.42. The number of hydrogen-bond donors (Lipinski definition) is 2. The molecule has 27 heavy (non-hydrogen) atoms. The first kappa shape index (κ1) is 19.9. The number of fused-ring (bicyclic) bond motifs is 1. The average Bonchev–Trinajstić information content (AvgIpc) is 2.93. The van der Waals surface area contributed by atoms with Gasteiger partial charge in [0.1, 0.15) is 10.8 Å². The van der Waals surface area contributed by atoms with Crippen LogP contribution in [0.15, 0.2) is 28.7 Å². The molecule has 3 N–H and O–H groups in total. The minimum Gasteiger partial charge on any atom is -0.478 e. The zero-order valence-corrected chi connectivity index (χ0v) is 18.0. The fourth-order valence-electron chi connectivity index (χ4n) is 3.20. The minimum absolute atomic E-state index is 0.320. The Morgan fingerprint density at radius 1 is 1.30 bits per heavy atom. The normalized spacial score (nSPS) is 16.5. The summed E-state index contributed by atoms with van der Waals surface area (Å²) in [6.07, 6.45) is 2.75. The molecule has 5 nitrogen and oxygen atoms in total. The summed E-state index contributed by atoms with van der Waals surface area (Å²) in [6, 6.07) is 7.28. The summed E-state index contributed by atoms with van der Waals surface area (Å²) < 4.78 is 6.80. The number of anilines is 1. The van der Waals surface area contributed by atoms with Gasteiger partial charge in [0.15, 0.2) is 5.60 Å². The Labute approximate surface area is 171 Å². The van der Waals surface area contributed by atoms with Gasteiger partial charge in [-0.3, -0.25) is 9.59 Å². The lowest BCUT2D eigenvalue weighted by atomic mass is 9.88. The predicted octanol–water partition coefficient (Wildman–Crippen LogP) is 4.53. The third kappa shape index (κ3) is 4.35. The van der Waals surface area contributed by atoms with Crippen LogP contribution in [0.4, 0.5) is 5.00 Å². The van der Waals surface area contributed by atoms with Crippen LogP contribution in [0.3, 0.4) is 0 Å². The van der Waals surface area contributed by atoms with Crippen molar-refractivity contribution < 1.29 is 14.3 Å². The monoisotopic (exact) mass is 450 g/mol. The SMILES string of the molecule is C[C@@H]1CCc2c(sc(NC(=O)C(C)(C)Oc3ccc(Br)cc3)c2C(N)=O)C1. The highest BCUT2D eigenvalue weighted by atomic mass is 79.9. The molecule has 7 heteroatoms. The fourth-order valence-corrected chi connectivity index (χ4v) is 4.87. The summed E-state index contributed by atoms with van der Waals surface area (Å²) in [5.41, 5.74) is 5.96. The van der Waals surface area contributed by atoms with Crippen molar-refractivity contribution in [3.8, 4) is 5.75 Å². The number of halogens is 1. The summed E-state index contributed by atoms with van der Waals surface area (Å²) in [5, 5.41) is 3.41. The molecule has 0 saturated carbocycles. The Bertz CT molecular complexity index is 874. The van der Waals surface area contributed by atoms with Gasteiger partial charge in [0, 0.05) is 9.35 Å². The number of rotatable bonds is 5. The van der Waals surface area contributed by atoms with Crippen molar-refractivity contribution in [2.24, 2.45) is 11.7 Å². The van der Waals surface area contributed by atoms with E-state index in [1.807, 2.05) is 12.1 Å². The molecule has 1 aliphatic rings. The number of benzene rings is 1. The Kier molecular flexibility index (Phi) is 5.63. The van der Waals surface area contributed by atoms with Crippen molar-refractivity contribution in [1.29, 1.82) is 0 Å². The maximum absolute atomic E-state index is 12.9. The molecule has 1 aliphatic carbocycles. The highest BCUT2D eigenvalue weighted by Crippen LogP contribution is 2.39. The van der Waals surface area contributed by atoms with Crippen LogP contribution in [0.25, 0.3) is 0 Å². The minimum atomic E-state index is -1.11. The largest absolute Gasteiger partial charge is 0.478 e. The van der Waals surface area contributed by atoms with Crippen LogP contribution >= 0.6 is 27.3 Å². The van der Waals surface area contributed by atoms with Gasteiger partial charge in [-0.1, -0.05) is 22.9 Å². The third-order valence-electron chi connectivity index (χ3n) is 4.72. The molecule has 3 rings (SSSR count). The van der Waals surface area contributed by atoms with E-state index in [1.165, 1.54) is 11.3 Å². The van der Waals surface area contributed by atoms with Crippen LogP contribution < -0.4 is 15.8 Å². The molecular weight excluding hydrogens is 428 g/mol. The standard InChI is InChI=1S/C20H23BrN2O3S/c1-11-4-9-14-15(10-11)27-18(16(14)17(22)24)23-19(25)20(2,3)26-13-7-5-12(21)6-8-13/h5-8,11H,4,9-10H2,1-3H3,(H2,22,24)(H,23,25)/t11-/m1/s1. The highest BCUT2D eigenvalue weighted by Gasteiger charge is 2.33. The number of primary amides is 1. The van der Waals surface area contributed by atoms with Crippen molar-refractivity contribution >= 4 is 44.1 Å². The lowest BCUT2D eigenvalue weighted by Crippen LogP contribution is -2.42. The van der Waals surface area contributed by atoms with Crippen molar-refractivity contribution in [1.82, 2.24) is 0 Å². The van der Waals surface area contributed by atoms with Gasteiger partial charge in [0.05, 0.1) is 5.56 Å². The second-order valence-electron chi connectivity index (χ2n) is 7.44. The molecule has 0 radical (unpaired) electrons. The summed E-state index contributed by atoms with van der Waals surface area (Å²) >= 11 is 4.83. The van der Waals surface area contributed by atoms with Gasteiger partial charge < -0.3 is 15.8 Å².